The van der Waals surface area contributed by atoms with Gasteiger partial charge in [0.1, 0.15) is 13.2 Å². The number of anilines is 1. The third-order valence-corrected chi connectivity index (χ3v) is 4.73. The van der Waals surface area contributed by atoms with Crippen LogP contribution in [-0.4, -0.2) is 25.2 Å². The molecular weight excluding hydrogens is 340 g/mol. The van der Waals surface area contributed by atoms with Gasteiger partial charge < -0.3 is 14.8 Å². The van der Waals surface area contributed by atoms with Gasteiger partial charge in [-0.25, -0.2) is 0 Å². The van der Waals surface area contributed by atoms with Gasteiger partial charge in [-0.2, -0.15) is 0 Å². The van der Waals surface area contributed by atoms with Crippen LogP contribution in [0, 0.1) is 12.8 Å². The van der Waals surface area contributed by atoms with Crippen LogP contribution in [0.5, 0.6) is 11.5 Å². The van der Waals surface area contributed by atoms with E-state index in [-0.39, 0.29) is 18.0 Å². The van der Waals surface area contributed by atoms with E-state index in [1.54, 1.807) is 0 Å². The van der Waals surface area contributed by atoms with Gasteiger partial charge in [-0.05, 0) is 49.6 Å². The zero-order valence-corrected chi connectivity index (χ0v) is 16.4. The number of hydrogen-bond acceptors (Lipinski definition) is 4. The molecule has 3 rings (SSSR count). The molecular formula is C22H28N2O3. The molecule has 1 heterocycles. The Kier molecular flexibility index (Phi) is 6.01. The van der Waals surface area contributed by atoms with Gasteiger partial charge in [0.25, 0.3) is 0 Å². The van der Waals surface area contributed by atoms with E-state index in [0.29, 0.717) is 19.1 Å². The Balaban J connectivity index is 1.70. The van der Waals surface area contributed by atoms with Crippen molar-refractivity contribution >= 4 is 11.6 Å². The Morgan fingerprint density at radius 3 is 2.30 bits per heavy atom. The summed E-state index contributed by atoms with van der Waals surface area (Å²) in [6.07, 6.45) is 0. The van der Waals surface area contributed by atoms with E-state index < -0.39 is 0 Å². The monoisotopic (exact) mass is 368 g/mol. The molecule has 5 nitrogen and oxygen atoms in total. The van der Waals surface area contributed by atoms with Crippen LogP contribution >= 0.6 is 0 Å². The molecule has 27 heavy (non-hydrogen) atoms. The minimum atomic E-state index is -0.341. The van der Waals surface area contributed by atoms with E-state index in [4.69, 9.17) is 9.47 Å². The van der Waals surface area contributed by atoms with Crippen LogP contribution < -0.4 is 20.1 Å². The largest absolute Gasteiger partial charge is 0.486 e. The molecule has 5 heteroatoms. The maximum absolute atomic E-state index is 12.6. The Labute approximate surface area is 161 Å². The number of carbonyl (C=O) groups excluding carboxylic acids is 1. The van der Waals surface area contributed by atoms with E-state index in [2.05, 4.69) is 24.5 Å². The molecule has 0 fully saturated rings. The van der Waals surface area contributed by atoms with Crippen molar-refractivity contribution in [3.8, 4) is 11.5 Å². The number of carbonyl (C=O) groups is 1. The zero-order valence-electron chi connectivity index (χ0n) is 16.4. The van der Waals surface area contributed by atoms with Crippen molar-refractivity contribution in [1.29, 1.82) is 0 Å². The zero-order chi connectivity index (χ0) is 19.4. The summed E-state index contributed by atoms with van der Waals surface area (Å²) in [5.41, 5.74) is 3.06. The number of hydrogen-bond donors (Lipinski definition) is 2. The smallest absolute Gasteiger partial charge is 0.241 e. The second-order valence-corrected chi connectivity index (χ2v) is 7.37. The average molecular weight is 368 g/mol. The molecule has 2 aromatic rings. The van der Waals surface area contributed by atoms with Crippen LogP contribution in [0.4, 0.5) is 5.69 Å². The number of fused-ring (bicyclic) bond motifs is 1. The molecule has 0 spiro atoms. The molecule has 1 aliphatic heterocycles. The van der Waals surface area contributed by atoms with Gasteiger partial charge in [0.2, 0.25) is 5.91 Å². The van der Waals surface area contributed by atoms with E-state index in [1.807, 2.05) is 56.3 Å². The second kappa shape index (κ2) is 8.44. The number of nitrogens with one attached hydrogen (secondary N) is 2. The number of amides is 1. The van der Waals surface area contributed by atoms with Gasteiger partial charge in [0.05, 0.1) is 6.04 Å². The van der Waals surface area contributed by atoms with Crippen LogP contribution in [0.25, 0.3) is 0 Å². The SMILES string of the molecule is Cc1ccc(NC(=O)[C@@H](C)N[C@@H](c2ccc3c(c2)OCCO3)C(C)C)cc1. The van der Waals surface area contributed by atoms with Gasteiger partial charge in [-0.3, -0.25) is 10.1 Å². The van der Waals surface area contributed by atoms with Crippen molar-refractivity contribution in [1.82, 2.24) is 5.32 Å². The molecule has 0 aliphatic carbocycles. The summed E-state index contributed by atoms with van der Waals surface area (Å²) < 4.78 is 11.3. The highest BCUT2D eigenvalue weighted by Crippen LogP contribution is 2.34. The number of benzene rings is 2. The van der Waals surface area contributed by atoms with Crippen molar-refractivity contribution in [2.75, 3.05) is 18.5 Å². The summed E-state index contributed by atoms with van der Waals surface area (Å²) in [5.74, 6) is 1.80. The molecule has 1 amide bonds. The fourth-order valence-corrected chi connectivity index (χ4v) is 3.16. The molecule has 1 aliphatic rings. The third-order valence-electron chi connectivity index (χ3n) is 4.73. The third kappa shape index (κ3) is 4.80. The van der Waals surface area contributed by atoms with Crippen LogP contribution in [0.15, 0.2) is 42.5 Å². The van der Waals surface area contributed by atoms with Crippen LogP contribution in [0.3, 0.4) is 0 Å². The molecule has 2 atom stereocenters. The van der Waals surface area contributed by atoms with Crippen molar-refractivity contribution in [2.45, 2.75) is 39.8 Å². The first-order valence-electron chi connectivity index (χ1n) is 9.47. The average Bonchev–Trinajstić information content (AvgIpc) is 2.67. The van der Waals surface area contributed by atoms with E-state index in [9.17, 15) is 4.79 Å². The quantitative estimate of drug-likeness (QED) is 0.807. The van der Waals surface area contributed by atoms with Crippen LogP contribution in [-0.2, 0) is 4.79 Å². The molecule has 0 bridgehead atoms. The van der Waals surface area contributed by atoms with E-state index >= 15 is 0 Å². The highest BCUT2D eigenvalue weighted by atomic mass is 16.6. The minimum Gasteiger partial charge on any atom is -0.486 e. The lowest BCUT2D eigenvalue weighted by Gasteiger charge is -2.28. The molecule has 0 saturated carbocycles. The summed E-state index contributed by atoms with van der Waals surface area (Å²) in [6.45, 7) is 9.32. The predicted octanol–water partition coefficient (Wildman–Crippen LogP) is 4.08. The van der Waals surface area contributed by atoms with Crippen molar-refractivity contribution < 1.29 is 14.3 Å². The van der Waals surface area contributed by atoms with Crippen molar-refractivity contribution in [3.63, 3.8) is 0 Å². The molecule has 0 radical (unpaired) electrons. The van der Waals surface area contributed by atoms with Crippen LogP contribution in [0.2, 0.25) is 0 Å². The van der Waals surface area contributed by atoms with Gasteiger partial charge in [0, 0.05) is 11.7 Å². The number of ether oxygens (including phenoxy) is 2. The standard InChI is InChI=1S/C22H28N2O3/c1-14(2)21(17-7-10-19-20(13-17)27-12-11-26-19)23-16(4)22(25)24-18-8-5-15(3)6-9-18/h5-10,13-14,16,21,23H,11-12H2,1-4H3,(H,24,25)/t16-,21-/m1/s1. The first kappa shape index (κ1) is 19.2. The summed E-state index contributed by atoms with van der Waals surface area (Å²) in [4.78, 5) is 12.6. The molecule has 0 unspecified atom stereocenters. The maximum atomic E-state index is 12.6. The summed E-state index contributed by atoms with van der Waals surface area (Å²) in [7, 11) is 0. The highest BCUT2D eigenvalue weighted by molar-refractivity contribution is 5.94. The summed E-state index contributed by atoms with van der Waals surface area (Å²) >= 11 is 0. The lowest BCUT2D eigenvalue weighted by Crippen LogP contribution is -2.41. The summed E-state index contributed by atoms with van der Waals surface area (Å²) in [5, 5.41) is 6.43. The van der Waals surface area contributed by atoms with Crippen LogP contribution in [0.1, 0.15) is 37.9 Å². The predicted molar refractivity (Wildman–Crippen MR) is 107 cm³/mol. The van der Waals surface area contributed by atoms with Gasteiger partial charge in [-0.15, -0.1) is 0 Å². The topological polar surface area (TPSA) is 59.6 Å². The molecule has 2 N–H and O–H groups in total. The Hall–Kier alpha value is -2.53. The minimum absolute atomic E-state index is 0.0274. The molecule has 144 valence electrons. The lowest BCUT2D eigenvalue weighted by atomic mass is 9.94. The normalized spacial score (nSPS) is 15.3. The maximum Gasteiger partial charge on any atom is 0.241 e. The first-order valence-corrected chi connectivity index (χ1v) is 9.47. The van der Waals surface area contributed by atoms with Gasteiger partial charge >= 0.3 is 0 Å². The van der Waals surface area contributed by atoms with E-state index in [0.717, 1.165) is 28.3 Å². The number of rotatable bonds is 6. The fraction of sp³-hybridized carbons (Fsp3) is 0.409. The highest BCUT2D eigenvalue weighted by Gasteiger charge is 2.23. The lowest BCUT2D eigenvalue weighted by molar-refractivity contribution is -0.118. The Morgan fingerprint density at radius 2 is 1.63 bits per heavy atom. The number of aryl methyl sites for hydroxylation is 1. The summed E-state index contributed by atoms with van der Waals surface area (Å²) in [6, 6.07) is 13.5. The van der Waals surface area contributed by atoms with Gasteiger partial charge in [0.15, 0.2) is 11.5 Å². The van der Waals surface area contributed by atoms with Gasteiger partial charge in [-0.1, -0.05) is 37.6 Å². The molecule has 2 aromatic carbocycles. The molecule has 0 aromatic heterocycles. The Bertz CT molecular complexity index is 787. The first-order chi connectivity index (χ1) is 12.9. The van der Waals surface area contributed by atoms with Crippen molar-refractivity contribution in [3.05, 3.63) is 53.6 Å². The molecule has 0 saturated heterocycles. The second-order valence-electron chi connectivity index (χ2n) is 7.37. The van der Waals surface area contributed by atoms with Crippen molar-refractivity contribution in [2.24, 2.45) is 5.92 Å². The van der Waals surface area contributed by atoms with E-state index in [1.165, 1.54) is 0 Å². The fourth-order valence-electron chi connectivity index (χ4n) is 3.16. The Morgan fingerprint density at radius 1 is 0.963 bits per heavy atom.